The Morgan fingerprint density at radius 3 is 2.47 bits per heavy atom. The number of benzene rings is 1. The summed E-state index contributed by atoms with van der Waals surface area (Å²) in [6, 6.07) is 10.6. The molecule has 15 heavy (non-hydrogen) atoms. The molecule has 0 spiro atoms. The second-order valence-electron chi connectivity index (χ2n) is 4.01. The molecule has 0 unspecified atom stereocenters. The van der Waals surface area contributed by atoms with E-state index in [1.54, 1.807) is 0 Å². The molecule has 2 heteroatoms. The zero-order chi connectivity index (χ0) is 10.8. The summed E-state index contributed by atoms with van der Waals surface area (Å²) in [6.07, 6.45) is 0. The summed E-state index contributed by atoms with van der Waals surface area (Å²) in [5.74, 6) is 0. The number of hydrogen-bond donors (Lipinski definition) is 0. The van der Waals surface area contributed by atoms with Gasteiger partial charge in [-0.1, -0.05) is 24.3 Å². The van der Waals surface area contributed by atoms with Crippen molar-refractivity contribution in [1.29, 1.82) is 0 Å². The minimum absolute atomic E-state index is 0.867. The molecule has 0 aliphatic heterocycles. The summed E-state index contributed by atoms with van der Waals surface area (Å²) < 4.78 is 2.05. The number of aryl methyl sites for hydroxylation is 3. The van der Waals surface area contributed by atoms with E-state index in [0.717, 1.165) is 12.2 Å². The van der Waals surface area contributed by atoms with Gasteiger partial charge in [0.05, 0.1) is 12.2 Å². The highest BCUT2D eigenvalue weighted by atomic mass is 15.3. The van der Waals surface area contributed by atoms with Crippen molar-refractivity contribution >= 4 is 0 Å². The fraction of sp³-hybridized carbons (Fsp3) is 0.308. The highest BCUT2D eigenvalue weighted by Crippen LogP contribution is 2.11. The van der Waals surface area contributed by atoms with Crippen molar-refractivity contribution in [3.8, 4) is 0 Å². The van der Waals surface area contributed by atoms with Crippen LogP contribution in [0.25, 0.3) is 0 Å². The van der Waals surface area contributed by atoms with Gasteiger partial charge < -0.3 is 0 Å². The van der Waals surface area contributed by atoms with Crippen LogP contribution in [0.5, 0.6) is 0 Å². The van der Waals surface area contributed by atoms with Gasteiger partial charge in [0.25, 0.3) is 0 Å². The molecule has 0 bridgehead atoms. The molecular weight excluding hydrogens is 184 g/mol. The summed E-state index contributed by atoms with van der Waals surface area (Å²) in [7, 11) is 0. The van der Waals surface area contributed by atoms with Crippen molar-refractivity contribution in [3.63, 3.8) is 0 Å². The van der Waals surface area contributed by atoms with Gasteiger partial charge in [0.2, 0.25) is 0 Å². The molecule has 78 valence electrons. The van der Waals surface area contributed by atoms with Crippen LogP contribution in [0.15, 0.2) is 30.3 Å². The van der Waals surface area contributed by atoms with Crippen LogP contribution in [0.3, 0.4) is 0 Å². The first-order valence-electron chi connectivity index (χ1n) is 5.22. The molecule has 0 N–H and O–H groups in total. The maximum atomic E-state index is 4.46. The lowest BCUT2D eigenvalue weighted by Crippen LogP contribution is -2.05. The standard InChI is InChI=1S/C13H16N2/c1-10-6-4-5-7-13(10)9-15-12(3)8-11(2)14-15/h4-8H,9H2,1-3H3. The van der Waals surface area contributed by atoms with Gasteiger partial charge in [0, 0.05) is 5.69 Å². The predicted molar refractivity (Wildman–Crippen MR) is 62.0 cm³/mol. The van der Waals surface area contributed by atoms with Gasteiger partial charge in [0.15, 0.2) is 0 Å². The molecule has 0 saturated carbocycles. The molecule has 0 radical (unpaired) electrons. The van der Waals surface area contributed by atoms with Gasteiger partial charge in [-0.05, 0) is 38.0 Å². The zero-order valence-electron chi connectivity index (χ0n) is 9.49. The van der Waals surface area contributed by atoms with E-state index in [-0.39, 0.29) is 0 Å². The first-order chi connectivity index (χ1) is 7.16. The zero-order valence-corrected chi connectivity index (χ0v) is 9.49. The van der Waals surface area contributed by atoms with E-state index < -0.39 is 0 Å². The molecule has 0 saturated heterocycles. The second-order valence-corrected chi connectivity index (χ2v) is 4.01. The van der Waals surface area contributed by atoms with Crippen LogP contribution in [0.2, 0.25) is 0 Å². The third kappa shape index (κ3) is 2.09. The molecule has 0 fully saturated rings. The average Bonchev–Trinajstić information content (AvgIpc) is 2.49. The summed E-state index contributed by atoms with van der Waals surface area (Å²) >= 11 is 0. The van der Waals surface area contributed by atoms with E-state index in [4.69, 9.17) is 0 Å². The van der Waals surface area contributed by atoms with Gasteiger partial charge in [-0.3, -0.25) is 4.68 Å². The Morgan fingerprint density at radius 2 is 1.87 bits per heavy atom. The van der Waals surface area contributed by atoms with Crippen molar-refractivity contribution in [1.82, 2.24) is 9.78 Å². The molecule has 0 aliphatic rings. The molecule has 1 aromatic heterocycles. The van der Waals surface area contributed by atoms with E-state index in [1.807, 2.05) is 6.92 Å². The van der Waals surface area contributed by atoms with Gasteiger partial charge in [-0.25, -0.2) is 0 Å². The average molecular weight is 200 g/mol. The number of nitrogens with zero attached hydrogens (tertiary/aromatic N) is 2. The molecule has 2 nitrogen and oxygen atoms in total. The quantitative estimate of drug-likeness (QED) is 0.729. The first-order valence-corrected chi connectivity index (χ1v) is 5.22. The maximum Gasteiger partial charge on any atom is 0.0665 e. The summed E-state index contributed by atoms with van der Waals surface area (Å²) in [6.45, 7) is 7.13. The minimum atomic E-state index is 0.867. The molecule has 2 rings (SSSR count). The van der Waals surface area contributed by atoms with E-state index >= 15 is 0 Å². The van der Waals surface area contributed by atoms with Crippen LogP contribution in [0, 0.1) is 20.8 Å². The van der Waals surface area contributed by atoms with E-state index in [9.17, 15) is 0 Å². The molecule has 1 heterocycles. The second kappa shape index (κ2) is 3.89. The van der Waals surface area contributed by atoms with Crippen LogP contribution in [-0.2, 0) is 6.54 Å². The largest absolute Gasteiger partial charge is 0.265 e. The molecular formula is C13H16N2. The Bertz CT molecular complexity index is 469. The van der Waals surface area contributed by atoms with Crippen molar-refractivity contribution in [3.05, 3.63) is 52.8 Å². The van der Waals surface area contributed by atoms with Crippen molar-refractivity contribution in [2.45, 2.75) is 27.3 Å². The Kier molecular flexibility index (Phi) is 2.58. The van der Waals surface area contributed by atoms with E-state index in [2.05, 4.69) is 54.0 Å². The highest BCUT2D eigenvalue weighted by molar-refractivity contribution is 5.26. The number of aromatic nitrogens is 2. The normalized spacial score (nSPS) is 10.6. The van der Waals surface area contributed by atoms with Crippen LogP contribution in [-0.4, -0.2) is 9.78 Å². The molecule has 0 amide bonds. The monoisotopic (exact) mass is 200 g/mol. The maximum absolute atomic E-state index is 4.46. The predicted octanol–water partition coefficient (Wildman–Crippen LogP) is 2.86. The lowest BCUT2D eigenvalue weighted by atomic mass is 10.1. The van der Waals surface area contributed by atoms with Crippen LogP contribution in [0.4, 0.5) is 0 Å². The highest BCUT2D eigenvalue weighted by Gasteiger charge is 2.03. The molecule has 0 aliphatic carbocycles. The van der Waals surface area contributed by atoms with Crippen molar-refractivity contribution in [2.24, 2.45) is 0 Å². The SMILES string of the molecule is Cc1cc(C)n(Cc2ccccc2C)n1. The van der Waals surface area contributed by atoms with E-state index in [1.165, 1.54) is 16.8 Å². The van der Waals surface area contributed by atoms with Gasteiger partial charge >= 0.3 is 0 Å². The summed E-state index contributed by atoms with van der Waals surface area (Å²) in [4.78, 5) is 0. The first kappa shape index (κ1) is 9.97. The smallest absolute Gasteiger partial charge is 0.0665 e. The Balaban J connectivity index is 2.29. The fourth-order valence-corrected chi connectivity index (χ4v) is 1.78. The van der Waals surface area contributed by atoms with E-state index in [0.29, 0.717) is 0 Å². The third-order valence-electron chi connectivity index (χ3n) is 2.68. The fourth-order valence-electron chi connectivity index (χ4n) is 1.78. The van der Waals surface area contributed by atoms with Gasteiger partial charge in [0.1, 0.15) is 0 Å². The third-order valence-corrected chi connectivity index (χ3v) is 2.68. The van der Waals surface area contributed by atoms with Crippen molar-refractivity contribution in [2.75, 3.05) is 0 Å². The van der Waals surface area contributed by atoms with Crippen LogP contribution >= 0.6 is 0 Å². The Hall–Kier alpha value is -1.57. The van der Waals surface area contributed by atoms with Gasteiger partial charge in [-0.2, -0.15) is 5.10 Å². The topological polar surface area (TPSA) is 17.8 Å². The van der Waals surface area contributed by atoms with Crippen molar-refractivity contribution < 1.29 is 0 Å². The molecule has 0 atom stereocenters. The lowest BCUT2D eigenvalue weighted by molar-refractivity contribution is 0.656. The summed E-state index contributed by atoms with van der Waals surface area (Å²) in [5.41, 5.74) is 4.96. The van der Waals surface area contributed by atoms with Crippen LogP contribution < -0.4 is 0 Å². The number of rotatable bonds is 2. The molecule has 1 aromatic carbocycles. The Morgan fingerprint density at radius 1 is 1.13 bits per heavy atom. The number of hydrogen-bond acceptors (Lipinski definition) is 1. The lowest BCUT2D eigenvalue weighted by Gasteiger charge is -2.07. The minimum Gasteiger partial charge on any atom is -0.265 e. The molecule has 2 aromatic rings. The van der Waals surface area contributed by atoms with Crippen LogP contribution in [0.1, 0.15) is 22.5 Å². The van der Waals surface area contributed by atoms with Gasteiger partial charge in [-0.15, -0.1) is 0 Å². The summed E-state index contributed by atoms with van der Waals surface area (Å²) in [5, 5.41) is 4.46. The Labute approximate surface area is 90.6 Å².